The summed E-state index contributed by atoms with van der Waals surface area (Å²) in [7, 11) is -3.66. The summed E-state index contributed by atoms with van der Waals surface area (Å²) in [5.41, 5.74) is 1.04. The minimum atomic E-state index is -3.66. The van der Waals surface area contributed by atoms with Crippen LogP contribution in [0.5, 0.6) is 0 Å². The van der Waals surface area contributed by atoms with Gasteiger partial charge in [-0.25, -0.2) is 12.8 Å². The Morgan fingerprint density at radius 2 is 1.74 bits per heavy atom. The third-order valence-electron chi connectivity index (χ3n) is 4.59. The number of Topliss-reactive ketones (excluding diaryl/α,β-unsaturated/α-hetero) is 1. The summed E-state index contributed by atoms with van der Waals surface area (Å²) < 4.78 is 40.4. The van der Waals surface area contributed by atoms with Gasteiger partial charge in [0.25, 0.3) is 0 Å². The summed E-state index contributed by atoms with van der Waals surface area (Å²) in [6.45, 7) is 0. The number of ketones is 1. The molecule has 0 amide bonds. The van der Waals surface area contributed by atoms with Gasteiger partial charge in [-0.05, 0) is 30.2 Å². The minimum Gasteiger partial charge on any atom is -0.298 e. The quantitative estimate of drug-likeness (QED) is 0.869. The summed E-state index contributed by atoms with van der Waals surface area (Å²) in [6, 6.07) is 11.8. The summed E-state index contributed by atoms with van der Waals surface area (Å²) in [5, 5.41) is 0. The Labute approximate surface area is 133 Å². The molecule has 5 rings (SSSR count). The number of hydrogen-bond donors (Lipinski definition) is 0. The SMILES string of the molecule is O=C1CC2CC1N2S(=O)(=O)c1ccc(-c2ccccc2F)cc1. The summed E-state index contributed by atoms with van der Waals surface area (Å²) in [6.07, 6.45) is 0.947. The van der Waals surface area contributed by atoms with Crippen molar-refractivity contribution in [3.8, 4) is 11.1 Å². The van der Waals surface area contributed by atoms with Crippen molar-refractivity contribution < 1.29 is 17.6 Å². The molecule has 0 N–H and O–H groups in total. The van der Waals surface area contributed by atoms with E-state index in [1.54, 1.807) is 30.3 Å². The molecule has 2 heterocycles. The zero-order valence-electron chi connectivity index (χ0n) is 12.1. The molecule has 2 aliphatic heterocycles. The third-order valence-corrected chi connectivity index (χ3v) is 6.56. The molecular formula is C17H14FNO3S. The zero-order chi connectivity index (χ0) is 16.2. The summed E-state index contributed by atoms with van der Waals surface area (Å²) in [4.78, 5) is 11.8. The molecule has 23 heavy (non-hydrogen) atoms. The first kappa shape index (κ1) is 14.5. The second-order valence-electron chi connectivity index (χ2n) is 5.91. The smallest absolute Gasteiger partial charge is 0.243 e. The van der Waals surface area contributed by atoms with Crippen molar-refractivity contribution in [1.82, 2.24) is 4.31 Å². The first-order valence-electron chi connectivity index (χ1n) is 7.40. The molecule has 2 bridgehead atoms. The number of fused-ring (bicyclic) bond motifs is 1. The van der Waals surface area contributed by atoms with E-state index in [4.69, 9.17) is 0 Å². The van der Waals surface area contributed by atoms with E-state index in [1.165, 1.54) is 22.5 Å². The van der Waals surface area contributed by atoms with Gasteiger partial charge in [0.1, 0.15) is 5.82 Å². The zero-order valence-corrected chi connectivity index (χ0v) is 13.0. The highest BCUT2D eigenvalue weighted by molar-refractivity contribution is 7.89. The molecule has 2 aromatic rings. The number of hydrogen-bond acceptors (Lipinski definition) is 3. The van der Waals surface area contributed by atoms with Crippen LogP contribution in [0.1, 0.15) is 12.8 Å². The van der Waals surface area contributed by atoms with Crippen molar-refractivity contribution in [2.45, 2.75) is 29.8 Å². The molecule has 0 spiro atoms. The van der Waals surface area contributed by atoms with E-state index in [2.05, 4.69) is 0 Å². The lowest BCUT2D eigenvalue weighted by molar-refractivity contribution is -0.119. The van der Waals surface area contributed by atoms with E-state index >= 15 is 0 Å². The normalized spacial score (nSPS) is 23.8. The Bertz CT molecular complexity index is 892. The third kappa shape index (κ3) is 2.13. The Balaban J connectivity index is 1.67. The van der Waals surface area contributed by atoms with Crippen molar-refractivity contribution in [3.63, 3.8) is 0 Å². The van der Waals surface area contributed by atoms with E-state index in [-0.39, 0.29) is 22.5 Å². The molecule has 2 aromatic carbocycles. The lowest BCUT2D eigenvalue weighted by atomic mass is 10.1. The molecule has 2 atom stereocenters. The molecule has 118 valence electrons. The van der Waals surface area contributed by atoms with Gasteiger partial charge in [0.2, 0.25) is 10.0 Å². The Hall–Kier alpha value is -2.05. The van der Waals surface area contributed by atoms with Crippen molar-refractivity contribution in [2.75, 3.05) is 0 Å². The predicted molar refractivity (Wildman–Crippen MR) is 82.7 cm³/mol. The van der Waals surface area contributed by atoms with Crippen molar-refractivity contribution in [2.24, 2.45) is 0 Å². The van der Waals surface area contributed by atoms with Crippen molar-refractivity contribution >= 4 is 15.8 Å². The molecule has 3 aliphatic rings. The van der Waals surface area contributed by atoms with Crippen LogP contribution in [0, 0.1) is 5.82 Å². The van der Waals surface area contributed by atoms with Gasteiger partial charge in [-0.1, -0.05) is 30.3 Å². The van der Waals surface area contributed by atoms with E-state index in [9.17, 15) is 17.6 Å². The highest BCUT2D eigenvalue weighted by Gasteiger charge is 2.56. The molecule has 2 unspecified atom stereocenters. The molecule has 0 aromatic heterocycles. The number of sulfonamides is 1. The molecule has 2 saturated heterocycles. The van der Waals surface area contributed by atoms with Gasteiger partial charge in [-0.3, -0.25) is 4.79 Å². The molecule has 6 heteroatoms. The van der Waals surface area contributed by atoms with Gasteiger partial charge in [-0.15, -0.1) is 0 Å². The Morgan fingerprint density at radius 3 is 2.30 bits per heavy atom. The fourth-order valence-corrected chi connectivity index (χ4v) is 5.20. The van der Waals surface area contributed by atoms with Gasteiger partial charge < -0.3 is 0 Å². The van der Waals surface area contributed by atoms with Crippen molar-refractivity contribution in [1.29, 1.82) is 0 Å². The number of nitrogens with zero attached hydrogens (tertiary/aromatic N) is 1. The lowest BCUT2D eigenvalue weighted by Gasteiger charge is -2.37. The first-order valence-corrected chi connectivity index (χ1v) is 8.84. The Kier molecular flexibility index (Phi) is 3.14. The van der Waals surface area contributed by atoms with Crippen LogP contribution in [0.4, 0.5) is 4.39 Å². The van der Waals surface area contributed by atoms with Crippen LogP contribution >= 0.6 is 0 Å². The Morgan fingerprint density at radius 1 is 1.04 bits per heavy atom. The number of carbonyl (C=O) groups is 1. The van der Waals surface area contributed by atoms with Gasteiger partial charge in [0.15, 0.2) is 5.78 Å². The maximum atomic E-state index is 13.8. The van der Waals surface area contributed by atoms with E-state index < -0.39 is 16.1 Å². The van der Waals surface area contributed by atoms with Gasteiger partial charge in [0.05, 0.1) is 10.9 Å². The number of rotatable bonds is 3. The van der Waals surface area contributed by atoms with E-state index in [0.29, 0.717) is 24.0 Å². The van der Waals surface area contributed by atoms with Crippen LogP contribution in [0.15, 0.2) is 53.4 Å². The predicted octanol–water partition coefficient (Wildman–Crippen LogP) is 2.60. The average Bonchev–Trinajstić information content (AvgIpc) is 3.04. The highest BCUT2D eigenvalue weighted by Crippen LogP contribution is 2.42. The maximum absolute atomic E-state index is 13.8. The monoisotopic (exact) mass is 331 g/mol. The maximum Gasteiger partial charge on any atom is 0.243 e. The molecule has 4 nitrogen and oxygen atoms in total. The van der Waals surface area contributed by atoms with E-state index in [1.807, 2.05) is 0 Å². The molecule has 1 aliphatic carbocycles. The second-order valence-corrected chi connectivity index (χ2v) is 7.76. The van der Waals surface area contributed by atoms with Crippen LogP contribution in [0.25, 0.3) is 11.1 Å². The van der Waals surface area contributed by atoms with Crippen LogP contribution in [-0.2, 0) is 14.8 Å². The molecule has 1 saturated carbocycles. The first-order chi connectivity index (χ1) is 11.0. The molecule has 3 fully saturated rings. The average molecular weight is 331 g/mol. The molecule has 0 radical (unpaired) electrons. The summed E-state index contributed by atoms with van der Waals surface area (Å²) in [5.74, 6) is -0.351. The second kappa shape index (κ2) is 4.97. The molecular weight excluding hydrogens is 317 g/mol. The van der Waals surface area contributed by atoms with Gasteiger partial charge >= 0.3 is 0 Å². The highest BCUT2D eigenvalue weighted by atomic mass is 32.2. The van der Waals surface area contributed by atoms with Crippen LogP contribution in [0.2, 0.25) is 0 Å². The van der Waals surface area contributed by atoms with E-state index in [0.717, 1.165) is 0 Å². The van der Waals surface area contributed by atoms with Gasteiger partial charge in [-0.2, -0.15) is 4.31 Å². The number of halogens is 1. The largest absolute Gasteiger partial charge is 0.298 e. The van der Waals surface area contributed by atoms with Crippen LogP contribution < -0.4 is 0 Å². The topological polar surface area (TPSA) is 54.5 Å². The number of benzene rings is 2. The fraction of sp³-hybridized carbons (Fsp3) is 0.235. The number of carbonyl (C=O) groups excluding carboxylic acids is 1. The minimum absolute atomic E-state index is 0.00144. The lowest BCUT2D eigenvalue weighted by Crippen LogP contribution is -2.52. The van der Waals surface area contributed by atoms with Gasteiger partial charge in [0, 0.05) is 18.0 Å². The van der Waals surface area contributed by atoms with Crippen molar-refractivity contribution in [3.05, 3.63) is 54.3 Å². The fourth-order valence-electron chi connectivity index (χ4n) is 3.38. The summed E-state index contributed by atoms with van der Waals surface area (Å²) >= 11 is 0. The van der Waals surface area contributed by atoms with Crippen LogP contribution in [0.3, 0.4) is 0 Å². The standard InChI is InChI=1S/C17H14FNO3S/c18-15-4-2-1-3-14(15)11-5-7-13(8-6-11)23(21,22)19-12-9-16(19)17(20)10-12/h1-8,12,16H,9-10H2. The van der Waals surface area contributed by atoms with Crippen LogP contribution in [-0.4, -0.2) is 30.6 Å².